The second-order valence-electron chi connectivity index (χ2n) is 3.50. The summed E-state index contributed by atoms with van der Waals surface area (Å²) in [5, 5.41) is 8.53. The van der Waals surface area contributed by atoms with E-state index in [0.29, 0.717) is 12.5 Å². The molecule has 0 aromatic carbocycles. The van der Waals surface area contributed by atoms with Gasteiger partial charge in [0.25, 0.3) is 0 Å². The summed E-state index contributed by atoms with van der Waals surface area (Å²) >= 11 is 0. The highest BCUT2D eigenvalue weighted by atomic mass is 16.4. The van der Waals surface area contributed by atoms with Crippen molar-refractivity contribution in [2.75, 3.05) is 6.54 Å². The number of carboxylic acid groups (broad SMARTS) is 1. The van der Waals surface area contributed by atoms with Crippen LogP contribution < -0.4 is 0 Å². The lowest BCUT2D eigenvalue weighted by atomic mass is 9.99. The third-order valence-corrected chi connectivity index (χ3v) is 2.88. The van der Waals surface area contributed by atoms with Crippen molar-refractivity contribution in [1.29, 1.82) is 0 Å². The number of nitrogens with zero attached hydrogens (tertiary/aromatic N) is 1. The standard InChI is InChI=1S/C9H15NO3/c1-3-7-4-5-10(6(7)2)8(11)9(12)13/h6-7H,3-5H2,1-2H3,(H,12,13). The summed E-state index contributed by atoms with van der Waals surface area (Å²) in [5.74, 6) is -1.64. The highest BCUT2D eigenvalue weighted by Gasteiger charge is 2.35. The number of aliphatic carboxylic acids is 1. The lowest BCUT2D eigenvalue weighted by Gasteiger charge is -2.22. The molecule has 1 aliphatic heterocycles. The third kappa shape index (κ3) is 1.82. The van der Waals surface area contributed by atoms with Gasteiger partial charge < -0.3 is 10.0 Å². The maximum absolute atomic E-state index is 11.1. The lowest BCUT2D eigenvalue weighted by Crippen LogP contribution is -2.40. The number of rotatable bonds is 1. The van der Waals surface area contributed by atoms with Crippen molar-refractivity contribution < 1.29 is 14.7 Å². The minimum atomic E-state index is -1.34. The Morgan fingerprint density at radius 2 is 2.15 bits per heavy atom. The Balaban J connectivity index is 2.64. The first-order valence-corrected chi connectivity index (χ1v) is 4.61. The first-order chi connectivity index (χ1) is 6.07. The Labute approximate surface area is 77.5 Å². The van der Waals surface area contributed by atoms with Gasteiger partial charge in [0.05, 0.1) is 0 Å². The molecule has 0 spiro atoms. The van der Waals surface area contributed by atoms with Gasteiger partial charge in [-0.25, -0.2) is 4.79 Å². The summed E-state index contributed by atoms with van der Waals surface area (Å²) in [6.07, 6.45) is 1.93. The number of likely N-dealkylation sites (tertiary alicyclic amines) is 1. The molecule has 0 aromatic rings. The van der Waals surface area contributed by atoms with E-state index in [-0.39, 0.29) is 6.04 Å². The molecule has 1 rings (SSSR count). The molecule has 1 saturated heterocycles. The van der Waals surface area contributed by atoms with Crippen molar-refractivity contribution in [3.63, 3.8) is 0 Å². The minimum Gasteiger partial charge on any atom is -0.474 e. The van der Waals surface area contributed by atoms with Crippen molar-refractivity contribution in [3.8, 4) is 0 Å². The molecular formula is C9H15NO3. The molecule has 1 heterocycles. The molecular weight excluding hydrogens is 170 g/mol. The highest BCUT2D eigenvalue weighted by molar-refractivity contribution is 6.31. The number of carbonyl (C=O) groups excluding carboxylic acids is 1. The maximum atomic E-state index is 11.1. The number of hydrogen-bond acceptors (Lipinski definition) is 2. The quantitative estimate of drug-likeness (QED) is 0.612. The van der Waals surface area contributed by atoms with Gasteiger partial charge in [-0.1, -0.05) is 13.3 Å². The van der Waals surface area contributed by atoms with Crippen LogP contribution in [-0.4, -0.2) is 34.5 Å². The zero-order chi connectivity index (χ0) is 10.0. The minimum absolute atomic E-state index is 0.0774. The van der Waals surface area contributed by atoms with Gasteiger partial charge in [0.15, 0.2) is 0 Å². The molecule has 2 unspecified atom stereocenters. The van der Waals surface area contributed by atoms with Crippen molar-refractivity contribution in [2.45, 2.75) is 32.7 Å². The predicted octanol–water partition coefficient (Wildman–Crippen LogP) is 0.718. The van der Waals surface area contributed by atoms with Gasteiger partial charge in [0.1, 0.15) is 0 Å². The normalized spacial score (nSPS) is 27.7. The smallest absolute Gasteiger partial charge is 0.394 e. The average Bonchev–Trinajstić information content (AvgIpc) is 2.45. The summed E-state index contributed by atoms with van der Waals surface area (Å²) in [4.78, 5) is 23.0. The Morgan fingerprint density at radius 1 is 1.54 bits per heavy atom. The van der Waals surface area contributed by atoms with Crippen molar-refractivity contribution in [2.24, 2.45) is 5.92 Å². The summed E-state index contributed by atoms with van der Waals surface area (Å²) in [6, 6.07) is 0.0774. The van der Waals surface area contributed by atoms with Crippen LogP contribution >= 0.6 is 0 Å². The fourth-order valence-electron chi connectivity index (χ4n) is 1.96. The van der Waals surface area contributed by atoms with E-state index in [4.69, 9.17) is 5.11 Å². The van der Waals surface area contributed by atoms with Gasteiger partial charge in [-0.05, 0) is 19.3 Å². The molecule has 1 amide bonds. The Morgan fingerprint density at radius 3 is 2.54 bits per heavy atom. The van der Waals surface area contributed by atoms with Gasteiger partial charge in [0.2, 0.25) is 0 Å². The molecule has 0 saturated carbocycles. The highest BCUT2D eigenvalue weighted by Crippen LogP contribution is 2.26. The molecule has 74 valence electrons. The van der Waals surface area contributed by atoms with Gasteiger partial charge in [-0.2, -0.15) is 0 Å². The third-order valence-electron chi connectivity index (χ3n) is 2.88. The fourth-order valence-corrected chi connectivity index (χ4v) is 1.96. The summed E-state index contributed by atoms with van der Waals surface area (Å²) in [6.45, 7) is 4.57. The van der Waals surface area contributed by atoms with E-state index in [0.717, 1.165) is 12.8 Å². The number of carboxylic acids is 1. The molecule has 1 aliphatic rings. The summed E-state index contributed by atoms with van der Waals surface area (Å²) in [7, 11) is 0. The zero-order valence-electron chi connectivity index (χ0n) is 7.99. The van der Waals surface area contributed by atoms with Crippen LogP contribution in [0.4, 0.5) is 0 Å². The van der Waals surface area contributed by atoms with Crippen LogP contribution in [0, 0.1) is 5.92 Å². The van der Waals surface area contributed by atoms with E-state index in [2.05, 4.69) is 6.92 Å². The van der Waals surface area contributed by atoms with Crippen molar-refractivity contribution in [3.05, 3.63) is 0 Å². The first kappa shape index (κ1) is 10.0. The van der Waals surface area contributed by atoms with Crippen molar-refractivity contribution >= 4 is 11.9 Å². The molecule has 0 radical (unpaired) electrons. The molecule has 0 aromatic heterocycles. The number of hydrogen-bond donors (Lipinski definition) is 1. The Hall–Kier alpha value is -1.06. The molecule has 4 heteroatoms. The van der Waals surface area contributed by atoms with Gasteiger partial charge in [-0.15, -0.1) is 0 Å². The van der Waals surface area contributed by atoms with E-state index in [9.17, 15) is 9.59 Å². The summed E-state index contributed by atoms with van der Waals surface area (Å²) < 4.78 is 0. The Bertz CT molecular complexity index is 227. The van der Waals surface area contributed by atoms with E-state index in [1.165, 1.54) is 4.90 Å². The van der Waals surface area contributed by atoms with Crippen LogP contribution in [-0.2, 0) is 9.59 Å². The van der Waals surface area contributed by atoms with Gasteiger partial charge >= 0.3 is 11.9 Å². The van der Waals surface area contributed by atoms with Gasteiger partial charge in [0, 0.05) is 12.6 Å². The predicted molar refractivity (Wildman–Crippen MR) is 47.2 cm³/mol. The monoisotopic (exact) mass is 185 g/mol. The molecule has 13 heavy (non-hydrogen) atoms. The van der Waals surface area contributed by atoms with E-state index in [1.54, 1.807) is 0 Å². The molecule has 1 N–H and O–H groups in total. The zero-order valence-corrected chi connectivity index (χ0v) is 7.99. The molecule has 4 nitrogen and oxygen atoms in total. The van der Waals surface area contributed by atoms with Crippen LogP contribution in [0.5, 0.6) is 0 Å². The largest absolute Gasteiger partial charge is 0.474 e. The second kappa shape index (κ2) is 3.77. The molecule has 0 bridgehead atoms. The second-order valence-corrected chi connectivity index (χ2v) is 3.50. The first-order valence-electron chi connectivity index (χ1n) is 4.61. The fraction of sp³-hybridized carbons (Fsp3) is 0.778. The Kier molecular flexibility index (Phi) is 2.90. The van der Waals surface area contributed by atoms with E-state index < -0.39 is 11.9 Å². The number of amides is 1. The van der Waals surface area contributed by atoms with Crippen LogP contribution in [0.2, 0.25) is 0 Å². The summed E-state index contributed by atoms with van der Waals surface area (Å²) in [5.41, 5.74) is 0. The van der Waals surface area contributed by atoms with Crippen LogP contribution in [0.25, 0.3) is 0 Å². The molecule has 2 atom stereocenters. The van der Waals surface area contributed by atoms with E-state index in [1.807, 2.05) is 6.92 Å². The molecule has 1 fully saturated rings. The van der Waals surface area contributed by atoms with Crippen LogP contribution in [0.1, 0.15) is 26.7 Å². The average molecular weight is 185 g/mol. The van der Waals surface area contributed by atoms with Gasteiger partial charge in [-0.3, -0.25) is 4.79 Å². The maximum Gasteiger partial charge on any atom is 0.394 e. The van der Waals surface area contributed by atoms with Crippen molar-refractivity contribution in [1.82, 2.24) is 4.90 Å². The number of carbonyl (C=O) groups is 2. The lowest BCUT2D eigenvalue weighted by molar-refractivity contribution is -0.156. The topological polar surface area (TPSA) is 57.6 Å². The van der Waals surface area contributed by atoms with Crippen LogP contribution in [0.15, 0.2) is 0 Å². The van der Waals surface area contributed by atoms with E-state index >= 15 is 0 Å². The SMILES string of the molecule is CCC1CCN(C(=O)C(=O)O)C1C. The van der Waals surface area contributed by atoms with Crippen LogP contribution in [0.3, 0.4) is 0 Å². The molecule has 0 aliphatic carbocycles.